The number of ether oxygens (including phenoxy) is 4. The predicted octanol–water partition coefficient (Wildman–Crippen LogP) is 3.75. The van der Waals surface area contributed by atoms with Crippen LogP contribution < -0.4 is 30.4 Å². The second kappa shape index (κ2) is 12.2. The first kappa shape index (κ1) is 28.5. The number of hydrogen-bond donors (Lipinski definition) is 2. The number of rotatable bonds is 12. The SMILES string of the molecule is COc1ccc(F)c(F)c1COc1cc(-n2c(=O)[nH]c3c(OC)nc(CF)nc32)c(Cl)cc1OCCCC(N)=O. The fourth-order valence-corrected chi connectivity index (χ4v) is 4.07. The number of H-pyrrole nitrogens is 1. The topological polar surface area (TPSA) is 144 Å². The van der Waals surface area contributed by atoms with Gasteiger partial charge < -0.3 is 24.7 Å². The molecule has 0 saturated heterocycles. The normalized spacial score (nSPS) is 11.1. The highest BCUT2D eigenvalue weighted by molar-refractivity contribution is 6.32. The van der Waals surface area contributed by atoms with Crippen molar-refractivity contribution in [1.82, 2.24) is 19.5 Å². The predicted molar refractivity (Wildman–Crippen MR) is 137 cm³/mol. The summed E-state index contributed by atoms with van der Waals surface area (Å²) in [7, 11) is 2.58. The summed E-state index contributed by atoms with van der Waals surface area (Å²) in [6, 6.07) is 4.80. The van der Waals surface area contributed by atoms with Crippen LogP contribution in [0.3, 0.4) is 0 Å². The van der Waals surface area contributed by atoms with Crippen LogP contribution in [0.4, 0.5) is 13.2 Å². The molecule has 0 atom stereocenters. The Bertz CT molecular complexity index is 1630. The van der Waals surface area contributed by atoms with Gasteiger partial charge in [0.1, 0.15) is 24.5 Å². The van der Waals surface area contributed by atoms with Crippen LogP contribution in [0.2, 0.25) is 5.02 Å². The van der Waals surface area contributed by atoms with E-state index in [1.165, 1.54) is 32.4 Å². The van der Waals surface area contributed by atoms with E-state index in [1.807, 2.05) is 0 Å². The van der Waals surface area contributed by atoms with E-state index in [9.17, 15) is 22.8 Å². The van der Waals surface area contributed by atoms with Crippen LogP contribution in [0.5, 0.6) is 23.1 Å². The van der Waals surface area contributed by atoms with Crippen molar-refractivity contribution in [3.63, 3.8) is 0 Å². The largest absolute Gasteiger partial charge is 0.496 e. The van der Waals surface area contributed by atoms with Crippen molar-refractivity contribution in [2.45, 2.75) is 26.1 Å². The molecule has 0 radical (unpaired) electrons. The molecule has 0 bridgehead atoms. The molecule has 2 aromatic carbocycles. The summed E-state index contributed by atoms with van der Waals surface area (Å²) < 4.78 is 64.8. The molecular weight excluding hydrogens is 559 g/mol. The lowest BCUT2D eigenvalue weighted by molar-refractivity contribution is -0.118. The number of amides is 1. The van der Waals surface area contributed by atoms with Crippen molar-refractivity contribution in [3.8, 4) is 28.8 Å². The zero-order valence-corrected chi connectivity index (χ0v) is 22.0. The number of aromatic amines is 1. The van der Waals surface area contributed by atoms with Crippen LogP contribution in [-0.4, -0.2) is 46.3 Å². The molecule has 212 valence electrons. The molecule has 0 saturated carbocycles. The summed E-state index contributed by atoms with van der Waals surface area (Å²) >= 11 is 6.53. The lowest BCUT2D eigenvalue weighted by atomic mass is 10.2. The van der Waals surface area contributed by atoms with Crippen molar-refractivity contribution >= 4 is 28.7 Å². The van der Waals surface area contributed by atoms with Gasteiger partial charge in [-0.3, -0.25) is 9.78 Å². The first-order valence-electron chi connectivity index (χ1n) is 11.7. The highest BCUT2D eigenvalue weighted by Gasteiger charge is 2.22. The van der Waals surface area contributed by atoms with Crippen LogP contribution in [0.25, 0.3) is 16.9 Å². The van der Waals surface area contributed by atoms with Crippen molar-refractivity contribution in [2.75, 3.05) is 20.8 Å². The van der Waals surface area contributed by atoms with Crippen LogP contribution >= 0.6 is 11.6 Å². The van der Waals surface area contributed by atoms with Gasteiger partial charge in [-0.2, -0.15) is 4.98 Å². The second-order valence-corrected chi connectivity index (χ2v) is 8.65. The Hall–Kier alpha value is -4.46. The molecule has 1 amide bonds. The Morgan fingerprint density at radius 2 is 1.85 bits per heavy atom. The van der Waals surface area contributed by atoms with Crippen molar-refractivity contribution < 1.29 is 36.9 Å². The van der Waals surface area contributed by atoms with Gasteiger partial charge in [-0.25, -0.2) is 27.5 Å². The quantitative estimate of drug-likeness (QED) is 0.241. The van der Waals surface area contributed by atoms with Crippen LogP contribution in [0, 0.1) is 11.6 Å². The molecule has 0 aliphatic rings. The van der Waals surface area contributed by atoms with E-state index in [1.54, 1.807) is 0 Å². The molecule has 0 spiro atoms. The average molecular weight is 582 g/mol. The average Bonchev–Trinajstić information content (AvgIpc) is 3.27. The van der Waals surface area contributed by atoms with E-state index in [0.29, 0.717) is 0 Å². The van der Waals surface area contributed by atoms with E-state index >= 15 is 0 Å². The van der Waals surface area contributed by atoms with Gasteiger partial charge >= 0.3 is 5.69 Å². The van der Waals surface area contributed by atoms with E-state index in [4.69, 9.17) is 36.3 Å². The summed E-state index contributed by atoms with van der Waals surface area (Å²) in [5.41, 5.74) is 4.33. The molecule has 4 rings (SSSR count). The molecule has 0 aliphatic heterocycles. The van der Waals surface area contributed by atoms with Crippen molar-refractivity contribution in [2.24, 2.45) is 5.73 Å². The van der Waals surface area contributed by atoms with Gasteiger partial charge in [0, 0.05) is 18.6 Å². The number of halogens is 4. The van der Waals surface area contributed by atoms with Gasteiger partial charge in [0.2, 0.25) is 11.8 Å². The lowest BCUT2D eigenvalue weighted by Gasteiger charge is -2.17. The van der Waals surface area contributed by atoms with E-state index < -0.39 is 36.5 Å². The lowest BCUT2D eigenvalue weighted by Crippen LogP contribution is -2.16. The zero-order chi connectivity index (χ0) is 29.0. The number of hydrogen-bond acceptors (Lipinski definition) is 8. The molecular formula is C25H23ClF3N5O6. The number of benzene rings is 2. The number of nitrogens with one attached hydrogen (secondary N) is 1. The monoisotopic (exact) mass is 581 g/mol. The maximum absolute atomic E-state index is 14.6. The second-order valence-electron chi connectivity index (χ2n) is 8.25. The van der Waals surface area contributed by atoms with E-state index in [0.717, 1.165) is 10.6 Å². The number of imidazole rings is 1. The number of primary amides is 1. The van der Waals surface area contributed by atoms with Crippen LogP contribution in [0.15, 0.2) is 29.1 Å². The molecule has 0 unspecified atom stereocenters. The standard InChI is InChI=1S/C25H23ClF3N5O6/c1-37-16-6-5-14(28)21(29)12(16)11-40-18-9-15(13(26)8-17(18)39-7-3-4-19(30)35)34-23-22(33-25(34)36)24(38-2)32-20(10-27)31-23/h5-6,8-9H,3-4,7,10-11H2,1-2H3,(H2,30,35)(H,33,36). The third-order valence-electron chi connectivity index (χ3n) is 5.69. The summed E-state index contributed by atoms with van der Waals surface area (Å²) in [6.07, 6.45) is 0.321. The fourth-order valence-electron chi connectivity index (χ4n) is 3.83. The highest BCUT2D eigenvalue weighted by atomic mass is 35.5. The van der Waals surface area contributed by atoms with E-state index in [2.05, 4.69) is 15.0 Å². The summed E-state index contributed by atoms with van der Waals surface area (Å²) in [6.45, 7) is -1.51. The molecule has 15 heteroatoms. The minimum atomic E-state index is -1.17. The minimum Gasteiger partial charge on any atom is -0.496 e. The number of carbonyl (C=O) groups is 1. The van der Waals surface area contributed by atoms with Gasteiger partial charge in [0.05, 0.1) is 37.1 Å². The van der Waals surface area contributed by atoms with E-state index in [-0.39, 0.29) is 75.8 Å². The summed E-state index contributed by atoms with van der Waals surface area (Å²) in [5.74, 6) is -3.04. The number of fused-ring (bicyclic) bond motifs is 1. The summed E-state index contributed by atoms with van der Waals surface area (Å²) in [5, 5.41) is -0.00542. The van der Waals surface area contributed by atoms with Gasteiger partial charge in [0.25, 0.3) is 0 Å². The number of methoxy groups -OCH3 is 2. The number of aromatic nitrogens is 4. The number of nitrogens with zero attached hydrogens (tertiary/aromatic N) is 3. The van der Waals surface area contributed by atoms with Crippen molar-refractivity contribution in [1.29, 1.82) is 0 Å². The first-order valence-corrected chi connectivity index (χ1v) is 12.1. The molecule has 0 aliphatic carbocycles. The minimum absolute atomic E-state index is 0.00542. The van der Waals surface area contributed by atoms with Gasteiger partial charge in [-0.05, 0) is 18.6 Å². The molecule has 2 heterocycles. The molecule has 2 aromatic heterocycles. The molecule has 0 fully saturated rings. The third kappa shape index (κ3) is 5.76. The molecule has 40 heavy (non-hydrogen) atoms. The van der Waals surface area contributed by atoms with Gasteiger partial charge in [-0.1, -0.05) is 11.6 Å². The first-order chi connectivity index (χ1) is 19.2. The maximum atomic E-state index is 14.6. The Balaban J connectivity index is 1.82. The Labute approximate surface area is 229 Å². The Kier molecular flexibility index (Phi) is 8.67. The van der Waals surface area contributed by atoms with Crippen molar-refractivity contribution in [3.05, 3.63) is 62.8 Å². The van der Waals surface area contributed by atoms with Gasteiger partial charge in [-0.15, -0.1) is 0 Å². The van der Waals surface area contributed by atoms with Gasteiger partial charge in [0.15, 0.2) is 34.6 Å². The third-order valence-corrected chi connectivity index (χ3v) is 5.99. The Morgan fingerprint density at radius 3 is 2.52 bits per heavy atom. The zero-order valence-electron chi connectivity index (χ0n) is 21.2. The molecule has 4 aromatic rings. The Morgan fingerprint density at radius 1 is 1.10 bits per heavy atom. The highest BCUT2D eigenvalue weighted by Crippen LogP contribution is 2.38. The number of alkyl halides is 1. The van der Waals surface area contributed by atoms with Crippen LogP contribution in [0.1, 0.15) is 24.2 Å². The molecule has 3 N–H and O–H groups in total. The number of nitrogens with two attached hydrogens (primary N) is 1. The maximum Gasteiger partial charge on any atom is 0.332 e. The number of carbonyl (C=O) groups excluding carboxylic acids is 1. The summed E-state index contributed by atoms with van der Waals surface area (Å²) in [4.78, 5) is 34.6. The smallest absolute Gasteiger partial charge is 0.332 e. The fraction of sp³-hybridized carbons (Fsp3) is 0.280. The van der Waals surface area contributed by atoms with Crippen LogP contribution in [-0.2, 0) is 18.1 Å². The molecule has 11 nitrogen and oxygen atoms in total.